The Morgan fingerprint density at radius 2 is 1.48 bits per heavy atom. The van der Waals surface area contributed by atoms with Gasteiger partial charge in [-0.05, 0) is 73.8 Å². The summed E-state index contributed by atoms with van der Waals surface area (Å²) in [5.41, 5.74) is 3.94. The van der Waals surface area contributed by atoms with Crippen LogP contribution in [0, 0.1) is 0 Å². The number of aryl methyl sites for hydroxylation is 1. The fourth-order valence-corrected chi connectivity index (χ4v) is 9.66. The fraction of sp³-hybridized carbons (Fsp3) is 0.569. The lowest BCUT2D eigenvalue weighted by Gasteiger charge is -2.38. The molecule has 4 aliphatic rings. The molecule has 2 saturated heterocycles. The highest BCUT2D eigenvalue weighted by molar-refractivity contribution is 6.30. The third-order valence-corrected chi connectivity index (χ3v) is 13.5. The molecule has 0 saturated carbocycles. The Morgan fingerprint density at radius 3 is 2.15 bits per heavy atom. The molecule has 0 bridgehead atoms. The number of halogens is 1. The van der Waals surface area contributed by atoms with E-state index in [0.29, 0.717) is 140 Å². The summed E-state index contributed by atoms with van der Waals surface area (Å²) < 4.78 is 27.9. The molecule has 384 valence electrons. The van der Waals surface area contributed by atoms with Crippen molar-refractivity contribution >= 4 is 52.9 Å². The zero-order valence-corrected chi connectivity index (χ0v) is 41.2. The lowest BCUT2D eigenvalue weighted by molar-refractivity contribution is -0.136. The molecule has 1 aliphatic carbocycles. The van der Waals surface area contributed by atoms with Crippen LogP contribution in [0.25, 0.3) is 0 Å². The average Bonchev–Trinajstić information content (AvgIpc) is 3.81. The maximum Gasteiger partial charge on any atom is 0.262 e. The van der Waals surface area contributed by atoms with Crippen molar-refractivity contribution in [1.29, 1.82) is 0 Å². The van der Waals surface area contributed by atoms with Gasteiger partial charge in [0.05, 0.1) is 88.3 Å². The topological polar surface area (TPSA) is 228 Å². The first kappa shape index (κ1) is 53.4. The van der Waals surface area contributed by atoms with Crippen molar-refractivity contribution in [3.63, 3.8) is 0 Å². The first-order chi connectivity index (χ1) is 34.5. The van der Waals surface area contributed by atoms with Gasteiger partial charge in [0.1, 0.15) is 18.2 Å². The standard InChI is InChI=1S/C51H66ClN7O12/c1-34-32-41(60)46-44(34)47(55-33-54-46)57-18-20-58(21-19-57)49(64)38(35-10-12-37(52)13-11-35)8-2-3-17-53-42(61)16-23-68-25-27-70-29-31-71-30-28-69-26-24-67-22-5-7-36-6-4-9-39-45(36)51(66)59(50(39)65)40-14-15-43(62)56-48(40)63/h4,6,9-13,33-34,38,40-41,60H,2-3,5,7-8,14-32H2,1H3,(H,53,61)(H,56,62,63)/t34-,38-,40?,41-/m1/s1. The number of carbonyl (C=O) groups is 6. The number of carbonyl (C=O) groups excluding carboxylic acids is 6. The summed E-state index contributed by atoms with van der Waals surface area (Å²) in [7, 11) is 0. The Hall–Kier alpha value is -5.41. The number of nitrogens with one attached hydrogen (secondary N) is 2. The van der Waals surface area contributed by atoms with E-state index in [1.807, 2.05) is 29.2 Å². The Bertz CT molecular complexity index is 2310. The van der Waals surface area contributed by atoms with Crippen LogP contribution in [0.5, 0.6) is 0 Å². The van der Waals surface area contributed by atoms with Crippen LogP contribution in [-0.2, 0) is 49.3 Å². The molecule has 20 heteroatoms. The van der Waals surface area contributed by atoms with Crippen LogP contribution in [0.2, 0.25) is 5.02 Å². The number of ether oxygens (including phenoxy) is 5. The third kappa shape index (κ3) is 14.4. The van der Waals surface area contributed by atoms with Crippen LogP contribution in [0.15, 0.2) is 48.8 Å². The lowest BCUT2D eigenvalue weighted by atomic mass is 9.91. The van der Waals surface area contributed by atoms with Crippen LogP contribution in [0.4, 0.5) is 5.82 Å². The molecule has 3 N–H and O–H groups in total. The van der Waals surface area contributed by atoms with Gasteiger partial charge in [-0.3, -0.25) is 39.0 Å². The SMILES string of the molecule is C[C@@H]1C[C@@H](O)c2ncnc(N3CCN(C(=O)[C@H](CCCCNC(=O)CCOCCOCCOCCOCCOCCCc4cccc5c4C(=O)N(C4CCC(=O)NC4=O)C5=O)c4ccc(Cl)cc4)CC3)c21. The Labute approximate surface area is 419 Å². The molecule has 2 aromatic carbocycles. The van der Waals surface area contributed by atoms with Gasteiger partial charge < -0.3 is 43.9 Å². The smallest absolute Gasteiger partial charge is 0.262 e. The summed E-state index contributed by atoms with van der Waals surface area (Å²) in [5, 5.41) is 16.2. The predicted octanol–water partition coefficient (Wildman–Crippen LogP) is 3.90. The van der Waals surface area contributed by atoms with E-state index in [1.54, 1.807) is 18.2 Å². The number of imide groups is 2. The second kappa shape index (κ2) is 26.9. The molecule has 6 amide bonds. The maximum atomic E-state index is 14.0. The van der Waals surface area contributed by atoms with Gasteiger partial charge in [-0.25, -0.2) is 9.97 Å². The van der Waals surface area contributed by atoms with Crippen LogP contribution in [0.3, 0.4) is 0 Å². The first-order valence-corrected chi connectivity index (χ1v) is 25.2. The molecular weight excluding hydrogens is 938 g/mol. The van der Waals surface area contributed by atoms with Crippen LogP contribution in [-0.4, -0.2) is 165 Å². The van der Waals surface area contributed by atoms with Crippen molar-refractivity contribution in [2.24, 2.45) is 0 Å². The minimum absolute atomic E-state index is 0.0694. The summed E-state index contributed by atoms with van der Waals surface area (Å²) >= 11 is 6.19. The van der Waals surface area contributed by atoms with E-state index in [9.17, 15) is 33.9 Å². The zero-order valence-electron chi connectivity index (χ0n) is 40.5. The van der Waals surface area contributed by atoms with E-state index in [-0.39, 0.29) is 55.1 Å². The summed E-state index contributed by atoms with van der Waals surface area (Å²) in [5.74, 6) is -1.39. The number of aliphatic hydroxyl groups excluding tert-OH is 1. The highest BCUT2D eigenvalue weighted by Crippen LogP contribution is 2.43. The fourth-order valence-electron chi connectivity index (χ4n) is 9.54. The number of fused-ring (bicyclic) bond motifs is 2. The molecule has 71 heavy (non-hydrogen) atoms. The molecule has 4 heterocycles. The minimum atomic E-state index is -0.998. The molecule has 1 unspecified atom stereocenters. The predicted molar refractivity (Wildman–Crippen MR) is 260 cm³/mol. The Kier molecular flexibility index (Phi) is 20.2. The highest BCUT2D eigenvalue weighted by Gasteiger charge is 2.45. The van der Waals surface area contributed by atoms with Crippen LogP contribution < -0.4 is 15.5 Å². The monoisotopic (exact) mass is 1000 g/mol. The number of amides is 6. The molecular formula is C51H66ClN7O12. The van der Waals surface area contributed by atoms with Gasteiger partial charge in [0, 0.05) is 62.8 Å². The number of nitrogens with zero attached hydrogens (tertiary/aromatic N) is 5. The van der Waals surface area contributed by atoms with Crippen molar-refractivity contribution in [3.8, 4) is 0 Å². The number of piperazine rings is 1. The summed E-state index contributed by atoms with van der Waals surface area (Å²) in [6, 6.07) is 11.6. The largest absolute Gasteiger partial charge is 0.387 e. The maximum absolute atomic E-state index is 14.0. The van der Waals surface area contributed by atoms with E-state index in [2.05, 4.69) is 32.4 Å². The Balaban J connectivity index is 0.663. The second-order valence-corrected chi connectivity index (χ2v) is 18.5. The number of benzene rings is 2. The van der Waals surface area contributed by atoms with Crippen molar-refractivity contribution in [3.05, 3.63) is 87.3 Å². The molecule has 0 radical (unpaired) electrons. The van der Waals surface area contributed by atoms with Gasteiger partial charge in [-0.2, -0.15) is 0 Å². The minimum Gasteiger partial charge on any atom is -0.387 e. The summed E-state index contributed by atoms with van der Waals surface area (Å²) in [6.07, 6.45) is 5.25. The second-order valence-electron chi connectivity index (χ2n) is 18.1. The molecule has 4 atom stereocenters. The average molecular weight is 1000 g/mol. The van der Waals surface area contributed by atoms with Gasteiger partial charge in [0.2, 0.25) is 23.6 Å². The number of aromatic nitrogens is 2. The van der Waals surface area contributed by atoms with E-state index in [1.165, 1.54) is 6.33 Å². The van der Waals surface area contributed by atoms with Crippen LogP contribution in [0.1, 0.15) is 119 Å². The molecule has 3 aliphatic heterocycles. The highest BCUT2D eigenvalue weighted by atomic mass is 35.5. The summed E-state index contributed by atoms with van der Waals surface area (Å²) in [6.45, 7) is 8.80. The zero-order chi connectivity index (χ0) is 50.1. The van der Waals surface area contributed by atoms with Crippen molar-refractivity contribution in [2.75, 3.05) is 104 Å². The quantitative estimate of drug-likeness (QED) is 0.0693. The number of hydrogen-bond acceptors (Lipinski definition) is 15. The summed E-state index contributed by atoms with van der Waals surface area (Å²) in [4.78, 5) is 90.7. The number of piperidine rings is 1. The van der Waals surface area contributed by atoms with Gasteiger partial charge in [-0.15, -0.1) is 0 Å². The molecule has 0 spiro atoms. The number of rotatable bonds is 28. The Morgan fingerprint density at radius 1 is 0.817 bits per heavy atom. The van der Waals surface area contributed by atoms with E-state index >= 15 is 0 Å². The number of anilines is 1. The van der Waals surface area contributed by atoms with Gasteiger partial charge in [0.25, 0.3) is 11.8 Å². The number of aliphatic hydroxyl groups is 1. The molecule has 3 aromatic rings. The van der Waals surface area contributed by atoms with Crippen molar-refractivity contribution in [2.45, 2.75) is 88.7 Å². The van der Waals surface area contributed by atoms with Gasteiger partial charge in [-0.1, -0.05) is 49.2 Å². The first-order valence-electron chi connectivity index (χ1n) is 24.8. The van der Waals surface area contributed by atoms with Gasteiger partial charge >= 0.3 is 0 Å². The van der Waals surface area contributed by atoms with Crippen molar-refractivity contribution in [1.82, 2.24) is 30.4 Å². The van der Waals surface area contributed by atoms with E-state index < -0.39 is 35.8 Å². The lowest BCUT2D eigenvalue weighted by Crippen LogP contribution is -2.54. The number of hydrogen-bond donors (Lipinski definition) is 3. The van der Waals surface area contributed by atoms with E-state index in [4.69, 9.17) is 35.3 Å². The van der Waals surface area contributed by atoms with Gasteiger partial charge in [0.15, 0.2) is 0 Å². The molecule has 19 nitrogen and oxygen atoms in total. The van der Waals surface area contributed by atoms with Crippen molar-refractivity contribution < 1.29 is 57.6 Å². The normalized spacial score (nSPS) is 19.3. The molecule has 2 fully saturated rings. The molecule has 7 rings (SSSR count). The number of unbranched alkanes of at least 4 members (excludes halogenated alkanes) is 1. The third-order valence-electron chi connectivity index (χ3n) is 13.2. The molecule has 1 aromatic heterocycles. The van der Waals surface area contributed by atoms with E-state index in [0.717, 1.165) is 34.7 Å². The van der Waals surface area contributed by atoms with Crippen LogP contribution >= 0.6 is 11.6 Å².